The van der Waals surface area contributed by atoms with Gasteiger partial charge in [0, 0.05) is 20.2 Å². The van der Waals surface area contributed by atoms with Crippen LogP contribution in [-0.2, 0) is 9.53 Å². The average molecular weight is 312 g/mol. The summed E-state index contributed by atoms with van der Waals surface area (Å²) in [5.41, 5.74) is 0.712. The first-order chi connectivity index (χ1) is 9.93. The van der Waals surface area contributed by atoms with Crippen molar-refractivity contribution in [2.75, 3.05) is 20.2 Å². The maximum Gasteiger partial charge on any atom is 0.306 e. The lowest BCUT2D eigenvalue weighted by atomic mass is 9.97. The van der Waals surface area contributed by atoms with E-state index in [4.69, 9.17) is 9.84 Å². The molecule has 1 aromatic rings. The average Bonchev–Trinajstić information content (AvgIpc) is 2.87. The molecule has 21 heavy (non-hydrogen) atoms. The van der Waals surface area contributed by atoms with Gasteiger partial charge in [-0.1, -0.05) is 0 Å². The number of amides is 1. The third-order valence-electron chi connectivity index (χ3n) is 3.84. The molecule has 2 rings (SSSR count). The van der Waals surface area contributed by atoms with Crippen LogP contribution in [0, 0.1) is 12.8 Å². The van der Waals surface area contributed by atoms with E-state index in [2.05, 4.69) is 4.98 Å². The maximum atomic E-state index is 12.5. The molecule has 1 fully saturated rings. The van der Waals surface area contributed by atoms with Crippen molar-refractivity contribution in [3.05, 3.63) is 15.6 Å². The molecule has 1 N–H and O–H groups in total. The van der Waals surface area contributed by atoms with Crippen LogP contribution in [0.3, 0.4) is 0 Å². The SMILES string of the molecule is COC(C)c1nc(C)c(C(=O)N2CCC(C(=O)O)CC2)s1. The summed E-state index contributed by atoms with van der Waals surface area (Å²) in [6, 6.07) is 0. The number of nitrogens with zero attached hydrogens (tertiary/aromatic N) is 2. The largest absolute Gasteiger partial charge is 0.481 e. The van der Waals surface area contributed by atoms with Crippen molar-refractivity contribution in [1.82, 2.24) is 9.88 Å². The molecule has 0 aromatic carbocycles. The molecule has 1 aliphatic rings. The third-order valence-corrected chi connectivity index (χ3v) is 5.15. The lowest BCUT2D eigenvalue weighted by Gasteiger charge is -2.29. The number of aryl methyl sites for hydroxylation is 1. The summed E-state index contributed by atoms with van der Waals surface area (Å²) < 4.78 is 5.23. The Balaban J connectivity index is 2.07. The Morgan fingerprint density at radius 1 is 1.43 bits per heavy atom. The van der Waals surface area contributed by atoms with Gasteiger partial charge in [-0.3, -0.25) is 9.59 Å². The number of hydrogen-bond acceptors (Lipinski definition) is 5. The monoisotopic (exact) mass is 312 g/mol. The van der Waals surface area contributed by atoms with Crippen molar-refractivity contribution >= 4 is 23.2 Å². The first kappa shape index (κ1) is 15.9. The van der Waals surface area contributed by atoms with Gasteiger partial charge < -0.3 is 14.7 Å². The molecule has 1 amide bonds. The number of thiazole rings is 1. The summed E-state index contributed by atoms with van der Waals surface area (Å²) in [5, 5.41) is 9.78. The summed E-state index contributed by atoms with van der Waals surface area (Å²) in [7, 11) is 1.61. The van der Waals surface area contributed by atoms with Crippen LogP contribution in [0.2, 0.25) is 0 Å². The van der Waals surface area contributed by atoms with E-state index in [1.54, 1.807) is 12.0 Å². The number of hydrogen-bond donors (Lipinski definition) is 1. The second-order valence-corrected chi connectivity index (χ2v) is 6.28. The van der Waals surface area contributed by atoms with Gasteiger partial charge >= 0.3 is 5.97 Å². The summed E-state index contributed by atoms with van der Waals surface area (Å²) in [6.07, 6.45) is 0.897. The summed E-state index contributed by atoms with van der Waals surface area (Å²) in [6.45, 7) is 4.69. The number of carboxylic acids is 1. The molecule has 7 heteroatoms. The van der Waals surface area contributed by atoms with Gasteiger partial charge in [0.1, 0.15) is 16.0 Å². The first-order valence-corrected chi connectivity index (χ1v) is 7.78. The fraction of sp³-hybridized carbons (Fsp3) is 0.643. The Labute approximate surface area is 127 Å². The quantitative estimate of drug-likeness (QED) is 0.921. The molecule has 1 atom stereocenters. The fourth-order valence-corrected chi connectivity index (χ4v) is 3.43. The molecule has 0 radical (unpaired) electrons. The van der Waals surface area contributed by atoms with Crippen LogP contribution in [0.25, 0.3) is 0 Å². The Kier molecular flexibility index (Phi) is 4.95. The number of carboxylic acid groups (broad SMARTS) is 1. The molecule has 0 aliphatic carbocycles. The van der Waals surface area contributed by atoms with Gasteiger partial charge in [0.05, 0.1) is 11.6 Å². The number of methoxy groups -OCH3 is 1. The number of rotatable bonds is 4. The molecule has 1 saturated heterocycles. The Morgan fingerprint density at radius 3 is 2.57 bits per heavy atom. The van der Waals surface area contributed by atoms with E-state index in [1.165, 1.54) is 11.3 Å². The fourth-order valence-electron chi connectivity index (χ4n) is 2.36. The maximum absolute atomic E-state index is 12.5. The van der Waals surface area contributed by atoms with Gasteiger partial charge in [0.25, 0.3) is 5.91 Å². The van der Waals surface area contributed by atoms with E-state index in [9.17, 15) is 9.59 Å². The Morgan fingerprint density at radius 2 is 2.05 bits per heavy atom. The third kappa shape index (κ3) is 3.41. The van der Waals surface area contributed by atoms with Crippen LogP contribution in [-0.4, -0.2) is 47.1 Å². The number of aliphatic carboxylic acids is 1. The zero-order chi connectivity index (χ0) is 15.6. The topological polar surface area (TPSA) is 79.7 Å². The van der Waals surface area contributed by atoms with E-state index in [-0.39, 0.29) is 17.9 Å². The van der Waals surface area contributed by atoms with Crippen molar-refractivity contribution in [2.45, 2.75) is 32.8 Å². The highest BCUT2D eigenvalue weighted by atomic mass is 32.1. The van der Waals surface area contributed by atoms with Crippen LogP contribution in [0.15, 0.2) is 0 Å². The van der Waals surface area contributed by atoms with Gasteiger partial charge in [0.15, 0.2) is 0 Å². The lowest BCUT2D eigenvalue weighted by Crippen LogP contribution is -2.40. The van der Waals surface area contributed by atoms with E-state index < -0.39 is 5.97 Å². The molecule has 6 nitrogen and oxygen atoms in total. The van der Waals surface area contributed by atoms with E-state index in [0.717, 1.165) is 5.01 Å². The molecule has 1 aliphatic heterocycles. The minimum atomic E-state index is -0.771. The zero-order valence-electron chi connectivity index (χ0n) is 12.5. The number of carbonyl (C=O) groups excluding carboxylic acids is 1. The smallest absolute Gasteiger partial charge is 0.306 e. The molecule has 2 heterocycles. The van der Waals surface area contributed by atoms with E-state index in [1.807, 2.05) is 13.8 Å². The predicted octanol–water partition coefficient (Wildman–Crippen LogP) is 2.10. The van der Waals surface area contributed by atoms with Crippen LogP contribution in [0.4, 0.5) is 0 Å². The number of carbonyl (C=O) groups is 2. The number of aromatic nitrogens is 1. The Hall–Kier alpha value is -1.47. The molecule has 0 spiro atoms. The van der Waals surface area contributed by atoms with Gasteiger partial charge in [0.2, 0.25) is 0 Å². The summed E-state index contributed by atoms with van der Waals surface area (Å²) in [5.74, 6) is -1.16. The van der Waals surface area contributed by atoms with Gasteiger partial charge in [-0.25, -0.2) is 4.98 Å². The van der Waals surface area contributed by atoms with Crippen LogP contribution >= 0.6 is 11.3 Å². The first-order valence-electron chi connectivity index (χ1n) is 6.96. The minimum Gasteiger partial charge on any atom is -0.481 e. The standard InChI is InChI=1S/C14H20N2O4S/c1-8-11(21-12(15-8)9(2)20-3)13(17)16-6-4-10(5-7-16)14(18)19/h9-10H,4-7H2,1-3H3,(H,18,19). The highest BCUT2D eigenvalue weighted by molar-refractivity contribution is 7.13. The van der Waals surface area contributed by atoms with Crippen LogP contribution in [0.1, 0.15) is 46.2 Å². The normalized spacial score (nSPS) is 17.8. The number of likely N-dealkylation sites (tertiary alicyclic amines) is 1. The van der Waals surface area contributed by atoms with Crippen molar-refractivity contribution in [2.24, 2.45) is 5.92 Å². The van der Waals surface area contributed by atoms with Gasteiger partial charge in [-0.05, 0) is 26.7 Å². The minimum absolute atomic E-state index is 0.0524. The molecule has 1 unspecified atom stereocenters. The zero-order valence-corrected chi connectivity index (χ0v) is 13.3. The van der Waals surface area contributed by atoms with Crippen LogP contribution < -0.4 is 0 Å². The van der Waals surface area contributed by atoms with Crippen molar-refractivity contribution < 1.29 is 19.4 Å². The van der Waals surface area contributed by atoms with Crippen LogP contribution in [0.5, 0.6) is 0 Å². The molecule has 0 saturated carbocycles. The summed E-state index contributed by atoms with van der Waals surface area (Å²) >= 11 is 1.36. The lowest BCUT2D eigenvalue weighted by molar-refractivity contribution is -0.143. The molecule has 0 bridgehead atoms. The van der Waals surface area contributed by atoms with E-state index >= 15 is 0 Å². The number of piperidine rings is 1. The highest BCUT2D eigenvalue weighted by Crippen LogP contribution is 2.28. The Bertz CT molecular complexity index is 535. The van der Waals surface area contributed by atoms with Crippen molar-refractivity contribution in [3.63, 3.8) is 0 Å². The second-order valence-electron chi connectivity index (χ2n) is 5.25. The molecule has 1 aromatic heterocycles. The molecule has 116 valence electrons. The van der Waals surface area contributed by atoms with Gasteiger partial charge in [-0.2, -0.15) is 0 Å². The highest BCUT2D eigenvalue weighted by Gasteiger charge is 2.29. The van der Waals surface area contributed by atoms with E-state index in [0.29, 0.717) is 36.5 Å². The molecular weight excluding hydrogens is 292 g/mol. The second kappa shape index (κ2) is 6.53. The van der Waals surface area contributed by atoms with Gasteiger partial charge in [-0.15, -0.1) is 11.3 Å². The van der Waals surface area contributed by atoms with Crippen molar-refractivity contribution in [1.29, 1.82) is 0 Å². The summed E-state index contributed by atoms with van der Waals surface area (Å²) in [4.78, 5) is 30.2. The number of ether oxygens (including phenoxy) is 1. The predicted molar refractivity (Wildman–Crippen MR) is 78.5 cm³/mol. The molecular formula is C14H20N2O4S. The van der Waals surface area contributed by atoms with Crippen molar-refractivity contribution in [3.8, 4) is 0 Å².